The molecule has 0 aromatic heterocycles. The first kappa shape index (κ1) is 8.33. The molecule has 1 aliphatic heterocycles. The van der Waals surface area contributed by atoms with E-state index in [0.717, 1.165) is 18.2 Å². The third-order valence-corrected chi connectivity index (χ3v) is 2.72. The van der Waals surface area contributed by atoms with Crippen molar-refractivity contribution in [2.24, 2.45) is 5.92 Å². The molecule has 0 saturated carbocycles. The fraction of sp³-hybridized carbons (Fsp3) is 1.00. The standard InChI is InChI=1S/C6H11O3S/c7-4-5-1-2-10-6(8,9)3-5/h5,8-9H,1-4H2. The Hall–Kier alpha value is 0.230. The van der Waals surface area contributed by atoms with Gasteiger partial charge in [-0.05, 0) is 18.1 Å². The summed E-state index contributed by atoms with van der Waals surface area (Å²) in [7, 11) is 0. The number of thioether (sulfide) groups is 1. The minimum absolute atomic E-state index is 0.0451. The summed E-state index contributed by atoms with van der Waals surface area (Å²) in [6, 6.07) is 0. The molecule has 10 heavy (non-hydrogen) atoms. The Bertz CT molecular complexity index is 116. The van der Waals surface area contributed by atoms with E-state index in [1.54, 1.807) is 0 Å². The highest BCUT2D eigenvalue weighted by molar-refractivity contribution is 8.00. The predicted molar refractivity (Wildman–Crippen MR) is 37.9 cm³/mol. The van der Waals surface area contributed by atoms with Crippen LogP contribution in [0.15, 0.2) is 0 Å². The molecule has 0 aromatic carbocycles. The zero-order valence-electron chi connectivity index (χ0n) is 5.62. The first-order chi connectivity index (χ1) is 4.64. The molecule has 4 heteroatoms. The number of hydrogen-bond acceptors (Lipinski definition) is 3. The van der Waals surface area contributed by atoms with Gasteiger partial charge in [0.2, 0.25) is 5.12 Å². The van der Waals surface area contributed by atoms with E-state index < -0.39 is 5.12 Å². The molecular formula is C6H11O3S. The Morgan fingerprint density at radius 3 is 2.70 bits per heavy atom. The van der Waals surface area contributed by atoms with Crippen LogP contribution < -0.4 is 0 Å². The van der Waals surface area contributed by atoms with Gasteiger partial charge in [0.05, 0.1) is 6.61 Å². The van der Waals surface area contributed by atoms with Gasteiger partial charge in [-0.3, -0.25) is 0 Å². The molecule has 0 aromatic rings. The normalized spacial score (nSPS) is 32.1. The zero-order valence-corrected chi connectivity index (χ0v) is 6.43. The van der Waals surface area contributed by atoms with Crippen LogP contribution >= 0.6 is 11.8 Å². The van der Waals surface area contributed by atoms with Crippen molar-refractivity contribution in [2.75, 3.05) is 12.4 Å². The molecule has 1 saturated heterocycles. The summed E-state index contributed by atoms with van der Waals surface area (Å²) in [6.45, 7) is -0.191. The molecule has 59 valence electrons. The van der Waals surface area contributed by atoms with Crippen molar-refractivity contribution in [1.29, 1.82) is 0 Å². The van der Waals surface area contributed by atoms with Crippen LogP contribution in [0.4, 0.5) is 0 Å². The number of hydrogen-bond donors (Lipinski definition) is 2. The number of rotatable bonds is 1. The fourth-order valence-electron chi connectivity index (χ4n) is 1.07. The molecule has 1 heterocycles. The molecule has 1 fully saturated rings. The van der Waals surface area contributed by atoms with Crippen molar-refractivity contribution in [3.05, 3.63) is 0 Å². The van der Waals surface area contributed by atoms with Gasteiger partial charge >= 0.3 is 0 Å². The van der Waals surface area contributed by atoms with E-state index in [-0.39, 0.29) is 18.9 Å². The van der Waals surface area contributed by atoms with E-state index in [1.165, 1.54) is 0 Å². The molecule has 0 amide bonds. The summed E-state index contributed by atoms with van der Waals surface area (Å²) in [6.07, 6.45) is 1.04. The Labute approximate surface area is 64.1 Å². The molecule has 1 rings (SSSR count). The Kier molecular flexibility index (Phi) is 2.57. The highest BCUT2D eigenvalue weighted by Gasteiger charge is 2.32. The quantitative estimate of drug-likeness (QED) is 0.543. The van der Waals surface area contributed by atoms with Gasteiger partial charge in [-0.25, -0.2) is 5.11 Å². The molecule has 0 bridgehead atoms. The molecule has 2 N–H and O–H groups in total. The van der Waals surface area contributed by atoms with Crippen LogP contribution in [0.2, 0.25) is 0 Å². The SMILES string of the molecule is [O]CC1CCSC(O)(O)C1. The maximum absolute atomic E-state index is 10.3. The average molecular weight is 163 g/mol. The fourth-order valence-corrected chi connectivity index (χ4v) is 2.20. The second-order valence-corrected chi connectivity index (χ2v) is 3.97. The first-order valence-corrected chi connectivity index (χ1v) is 4.29. The monoisotopic (exact) mass is 163 g/mol. The van der Waals surface area contributed by atoms with Crippen LogP contribution in [0.3, 0.4) is 0 Å². The van der Waals surface area contributed by atoms with E-state index in [0.29, 0.717) is 5.75 Å². The summed E-state index contributed by atoms with van der Waals surface area (Å²) < 4.78 is 0. The van der Waals surface area contributed by atoms with Crippen LogP contribution in [0, 0.1) is 5.92 Å². The Morgan fingerprint density at radius 2 is 2.30 bits per heavy atom. The minimum Gasteiger partial charge on any atom is -0.357 e. The van der Waals surface area contributed by atoms with Crippen molar-refractivity contribution in [3.8, 4) is 0 Å². The van der Waals surface area contributed by atoms with E-state index in [9.17, 15) is 5.11 Å². The van der Waals surface area contributed by atoms with E-state index in [4.69, 9.17) is 10.2 Å². The first-order valence-electron chi connectivity index (χ1n) is 3.31. The topological polar surface area (TPSA) is 60.4 Å². The minimum atomic E-state index is -1.63. The van der Waals surface area contributed by atoms with E-state index in [1.807, 2.05) is 0 Å². The third kappa shape index (κ3) is 2.12. The molecular weight excluding hydrogens is 152 g/mol. The number of aliphatic hydroxyl groups is 2. The highest BCUT2D eigenvalue weighted by Crippen LogP contribution is 2.34. The van der Waals surface area contributed by atoms with Crippen LogP contribution in [0.25, 0.3) is 0 Å². The van der Waals surface area contributed by atoms with Gasteiger partial charge in [0.1, 0.15) is 0 Å². The summed E-state index contributed by atoms with van der Waals surface area (Å²) in [5, 5.41) is 26.8. The maximum atomic E-state index is 10.3. The maximum Gasteiger partial charge on any atom is 0.213 e. The van der Waals surface area contributed by atoms with Crippen molar-refractivity contribution >= 4 is 11.8 Å². The van der Waals surface area contributed by atoms with Gasteiger partial charge in [0.25, 0.3) is 0 Å². The van der Waals surface area contributed by atoms with Crippen molar-refractivity contribution in [1.82, 2.24) is 0 Å². The van der Waals surface area contributed by atoms with Gasteiger partial charge in [0, 0.05) is 6.42 Å². The molecule has 0 aliphatic carbocycles. The Morgan fingerprint density at radius 1 is 1.60 bits per heavy atom. The lowest BCUT2D eigenvalue weighted by atomic mass is 10.0. The van der Waals surface area contributed by atoms with Gasteiger partial charge in [-0.2, -0.15) is 0 Å². The molecule has 1 unspecified atom stereocenters. The van der Waals surface area contributed by atoms with Gasteiger partial charge in [-0.1, -0.05) is 11.8 Å². The Balaban J connectivity index is 2.40. The molecule has 1 atom stereocenters. The smallest absolute Gasteiger partial charge is 0.213 e. The largest absolute Gasteiger partial charge is 0.357 e. The molecule has 0 spiro atoms. The summed E-state index contributed by atoms with van der Waals surface area (Å²) in [5.74, 6) is 0.635. The van der Waals surface area contributed by atoms with Gasteiger partial charge in [-0.15, -0.1) is 0 Å². The molecule has 1 radical (unpaired) electrons. The highest BCUT2D eigenvalue weighted by atomic mass is 32.2. The van der Waals surface area contributed by atoms with Crippen molar-refractivity contribution in [3.63, 3.8) is 0 Å². The molecule has 1 aliphatic rings. The third-order valence-electron chi connectivity index (χ3n) is 1.65. The van der Waals surface area contributed by atoms with Crippen molar-refractivity contribution in [2.45, 2.75) is 18.0 Å². The zero-order chi connectivity index (χ0) is 7.61. The summed E-state index contributed by atoms with van der Waals surface area (Å²) >= 11 is 1.11. The average Bonchev–Trinajstić information content (AvgIpc) is 1.86. The van der Waals surface area contributed by atoms with Crippen LogP contribution in [0.1, 0.15) is 12.8 Å². The predicted octanol–water partition coefficient (Wildman–Crippen LogP) is 0.199. The molecule has 3 nitrogen and oxygen atoms in total. The lowest BCUT2D eigenvalue weighted by Crippen LogP contribution is -2.32. The van der Waals surface area contributed by atoms with E-state index >= 15 is 0 Å². The summed E-state index contributed by atoms with van der Waals surface area (Å²) in [4.78, 5) is 0. The van der Waals surface area contributed by atoms with Crippen LogP contribution in [0.5, 0.6) is 0 Å². The van der Waals surface area contributed by atoms with Gasteiger partial charge < -0.3 is 10.2 Å². The lowest BCUT2D eigenvalue weighted by molar-refractivity contribution is -0.101. The van der Waals surface area contributed by atoms with Crippen LogP contribution in [-0.2, 0) is 5.11 Å². The lowest BCUT2D eigenvalue weighted by Gasteiger charge is -2.30. The van der Waals surface area contributed by atoms with Crippen molar-refractivity contribution < 1.29 is 15.3 Å². The second-order valence-electron chi connectivity index (χ2n) is 2.62. The van der Waals surface area contributed by atoms with E-state index in [2.05, 4.69) is 0 Å². The second kappa shape index (κ2) is 3.09. The van der Waals surface area contributed by atoms with Gasteiger partial charge in [0.15, 0.2) is 0 Å². The summed E-state index contributed by atoms with van der Waals surface area (Å²) in [5.41, 5.74) is 0. The van der Waals surface area contributed by atoms with Crippen LogP contribution in [-0.4, -0.2) is 27.7 Å².